The molecule has 1 aliphatic carbocycles. The van der Waals surface area contributed by atoms with Crippen molar-refractivity contribution in [3.8, 4) is 6.07 Å². The summed E-state index contributed by atoms with van der Waals surface area (Å²) in [6.45, 7) is 1.96. The van der Waals surface area contributed by atoms with Gasteiger partial charge in [-0.15, -0.1) is 0 Å². The summed E-state index contributed by atoms with van der Waals surface area (Å²) >= 11 is 1.65. The van der Waals surface area contributed by atoms with Gasteiger partial charge < -0.3 is 5.73 Å². The highest BCUT2D eigenvalue weighted by atomic mass is 32.2. The molecule has 1 saturated carbocycles. The average molecular weight is 262 g/mol. The number of nitrogens with zero attached hydrogens (tertiary/aromatic N) is 3. The molecule has 0 aliphatic heterocycles. The van der Waals surface area contributed by atoms with Crippen LogP contribution >= 0.6 is 11.8 Å². The number of hydrogen-bond acceptors (Lipinski definition) is 5. The highest BCUT2D eigenvalue weighted by molar-refractivity contribution is 7.99. The maximum absolute atomic E-state index is 9.14. The molecule has 1 aromatic rings. The topological polar surface area (TPSA) is 75.6 Å². The second kappa shape index (κ2) is 5.68. The van der Waals surface area contributed by atoms with Gasteiger partial charge in [-0.25, -0.2) is 9.97 Å². The Morgan fingerprint density at radius 2 is 2.50 bits per heavy atom. The second-order valence-corrected chi connectivity index (χ2v) is 5.92. The fourth-order valence-corrected chi connectivity index (χ4v) is 3.37. The first-order chi connectivity index (χ1) is 8.64. The van der Waals surface area contributed by atoms with Gasteiger partial charge in [0.05, 0.1) is 6.07 Å². The van der Waals surface area contributed by atoms with E-state index in [0.717, 1.165) is 42.3 Å². The molecule has 0 spiro atoms. The van der Waals surface area contributed by atoms with Crippen molar-refractivity contribution in [2.45, 2.75) is 43.3 Å². The lowest BCUT2D eigenvalue weighted by Gasteiger charge is -2.23. The molecular weight excluding hydrogens is 244 g/mol. The highest BCUT2D eigenvalue weighted by Gasteiger charge is 2.39. The van der Waals surface area contributed by atoms with E-state index in [1.54, 1.807) is 18.0 Å². The van der Waals surface area contributed by atoms with E-state index in [4.69, 9.17) is 11.0 Å². The molecule has 2 unspecified atom stereocenters. The Labute approximate surface area is 112 Å². The number of rotatable bonds is 4. The van der Waals surface area contributed by atoms with Crippen molar-refractivity contribution in [1.82, 2.24) is 9.97 Å². The molecule has 5 heteroatoms. The third-order valence-corrected chi connectivity index (χ3v) is 4.44. The summed E-state index contributed by atoms with van der Waals surface area (Å²) in [7, 11) is 0. The van der Waals surface area contributed by atoms with Gasteiger partial charge >= 0.3 is 0 Å². The Kier molecular flexibility index (Phi) is 4.20. The van der Waals surface area contributed by atoms with Crippen LogP contribution < -0.4 is 5.73 Å². The number of nitrogens with two attached hydrogens (primary N) is 1. The summed E-state index contributed by atoms with van der Waals surface area (Å²) in [6, 6.07) is 4.18. The Morgan fingerprint density at radius 1 is 1.67 bits per heavy atom. The van der Waals surface area contributed by atoms with Crippen LogP contribution in [-0.2, 0) is 0 Å². The number of thioether (sulfide) groups is 1. The molecule has 2 rings (SSSR count). The maximum Gasteiger partial charge on any atom is 0.187 e. The number of aromatic nitrogens is 2. The van der Waals surface area contributed by atoms with Crippen LogP contribution in [0.15, 0.2) is 17.4 Å². The molecule has 0 radical (unpaired) electrons. The molecule has 1 aromatic heterocycles. The third kappa shape index (κ3) is 3.01. The summed E-state index contributed by atoms with van der Waals surface area (Å²) in [4.78, 5) is 8.57. The predicted molar refractivity (Wildman–Crippen MR) is 72.0 cm³/mol. The lowest BCUT2D eigenvalue weighted by molar-refractivity contribution is 0.389. The molecule has 4 nitrogen and oxygen atoms in total. The van der Waals surface area contributed by atoms with Gasteiger partial charge in [-0.2, -0.15) is 5.26 Å². The van der Waals surface area contributed by atoms with Gasteiger partial charge in [0.25, 0.3) is 0 Å². The largest absolute Gasteiger partial charge is 0.313 e. The van der Waals surface area contributed by atoms with Crippen molar-refractivity contribution in [3.63, 3.8) is 0 Å². The van der Waals surface area contributed by atoms with Crippen LogP contribution in [0, 0.1) is 24.2 Å². The first kappa shape index (κ1) is 13.3. The molecule has 1 heterocycles. The van der Waals surface area contributed by atoms with E-state index in [-0.39, 0.29) is 0 Å². The minimum absolute atomic E-state index is 0.319. The fraction of sp³-hybridized carbons (Fsp3) is 0.615. The molecule has 1 aliphatic rings. The zero-order valence-electron chi connectivity index (χ0n) is 10.6. The van der Waals surface area contributed by atoms with Crippen LogP contribution in [0.5, 0.6) is 0 Å². The summed E-state index contributed by atoms with van der Waals surface area (Å²) in [5.74, 6) is 1.24. The standard InChI is InChI=1S/C13H18N4S/c1-10-4-7-16-12(17-10)18-8-5-11-3-2-6-13(11,15)9-14/h4,7,11H,2-3,5-6,8,15H2,1H3. The van der Waals surface area contributed by atoms with Crippen LogP contribution in [0.2, 0.25) is 0 Å². The van der Waals surface area contributed by atoms with Crippen molar-refractivity contribution >= 4 is 11.8 Å². The Morgan fingerprint density at radius 3 is 3.22 bits per heavy atom. The van der Waals surface area contributed by atoms with Gasteiger partial charge in [-0.3, -0.25) is 0 Å². The zero-order chi connectivity index (χ0) is 13.0. The molecule has 2 atom stereocenters. The van der Waals surface area contributed by atoms with Gasteiger partial charge in [-0.05, 0) is 38.2 Å². The highest BCUT2D eigenvalue weighted by Crippen LogP contribution is 2.36. The van der Waals surface area contributed by atoms with E-state index < -0.39 is 5.54 Å². The molecule has 96 valence electrons. The maximum atomic E-state index is 9.14. The minimum Gasteiger partial charge on any atom is -0.313 e. The quantitative estimate of drug-likeness (QED) is 0.665. The van der Waals surface area contributed by atoms with Gasteiger partial charge in [0.2, 0.25) is 0 Å². The predicted octanol–water partition coefficient (Wildman–Crippen LogP) is 2.29. The van der Waals surface area contributed by atoms with E-state index in [9.17, 15) is 0 Å². The Balaban J connectivity index is 1.84. The summed E-state index contributed by atoms with van der Waals surface area (Å²) in [6.07, 6.45) is 5.72. The SMILES string of the molecule is Cc1ccnc(SCCC2CCCC2(N)C#N)n1. The first-order valence-electron chi connectivity index (χ1n) is 6.26. The minimum atomic E-state index is -0.603. The van der Waals surface area contributed by atoms with Crippen LogP contribution in [0.3, 0.4) is 0 Å². The third-order valence-electron chi connectivity index (χ3n) is 3.55. The van der Waals surface area contributed by atoms with Crippen LogP contribution in [0.1, 0.15) is 31.4 Å². The van der Waals surface area contributed by atoms with E-state index >= 15 is 0 Å². The van der Waals surface area contributed by atoms with E-state index in [1.165, 1.54) is 0 Å². The van der Waals surface area contributed by atoms with E-state index in [2.05, 4.69) is 16.0 Å². The molecule has 1 fully saturated rings. The Hall–Kier alpha value is -1.12. The molecule has 0 amide bonds. The molecule has 0 bridgehead atoms. The Bertz CT molecular complexity index is 457. The van der Waals surface area contributed by atoms with Crippen LogP contribution in [-0.4, -0.2) is 21.3 Å². The number of aryl methyl sites for hydroxylation is 1. The lowest BCUT2D eigenvalue weighted by Crippen LogP contribution is -2.41. The molecule has 0 saturated heterocycles. The van der Waals surface area contributed by atoms with Gasteiger partial charge in [0, 0.05) is 17.6 Å². The number of nitriles is 1. The average Bonchev–Trinajstić information content (AvgIpc) is 2.72. The van der Waals surface area contributed by atoms with Gasteiger partial charge in [0.1, 0.15) is 5.54 Å². The number of hydrogen-bond donors (Lipinski definition) is 1. The fourth-order valence-electron chi connectivity index (χ4n) is 2.44. The van der Waals surface area contributed by atoms with Crippen LogP contribution in [0.4, 0.5) is 0 Å². The van der Waals surface area contributed by atoms with E-state index in [0.29, 0.717) is 5.92 Å². The van der Waals surface area contributed by atoms with Crippen molar-refractivity contribution in [2.24, 2.45) is 11.7 Å². The van der Waals surface area contributed by atoms with E-state index in [1.807, 2.05) is 13.0 Å². The zero-order valence-corrected chi connectivity index (χ0v) is 11.4. The van der Waals surface area contributed by atoms with Crippen LogP contribution in [0.25, 0.3) is 0 Å². The van der Waals surface area contributed by atoms with Crippen molar-refractivity contribution < 1.29 is 0 Å². The summed E-state index contributed by atoms with van der Waals surface area (Å²) in [5.41, 5.74) is 6.49. The first-order valence-corrected chi connectivity index (χ1v) is 7.25. The smallest absolute Gasteiger partial charge is 0.187 e. The van der Waals surface area contributed by atoms with Gasteiger partial charge in [-0.1, -0.05) is 18.2 Å². The second-order valence-electron chi connectivity index (χ2n) is 4.86. The van der Waals surface area contributed by atoms with Crippen molar-refractivity contribution in [2.75, 3.05) is 5.75 Å². The normalized spacial score (nSPS) is 27.1. The lowest BCUT2D eigenvalue weighted by atomic mass is 9.88. The summed E-state index contributed by atoms with van der Waals surface area (Å²) < 4.78 is 0. The molecular formula is C13H18N4S. The van der Waals surface area contributed by atoms with Gasteiger partial charge in [0.15, 0.2) is 5.16 Å². The molecule has 2 N–H and O–H groups in total. The monoisotopic (exact) mass is 262 g/mol. The molecule has 18 heavy (non-hydrogen) atoms. The van der Waals surface area contributed by atoms with Crippen molar-refractivity contribution in [3.05, 3.63) is 18.0 Å². The molecule has 0 aromatic carbocycles. The summed E-state index contributed by atoms with van der Waals surface area (Å²) in [5, 5.41) is 9.95. The van der Waals surface area contributed by atoms with Crippen molar-refractivity contribution in [1.29, 1.82) is 5.26 Å².